The van der Waals surface area contributed by atoms with Crippen LogP contribution in [0.25, 0.3) is 0 Å². The van der Waals surface area contributed by atoms with E-state index in [0.717, 1.165) is 0 Å². The average molecular weight is 244 g/mol. The highest BCUT2D eigenvalue weighted by Gasteiger charge is 2.34. The Morgan fingerprint density at radius 2 is 2.12 bits per heavy atom. The zero-order valence-corrected chi connectivity index (χ0v) is 10.6. The summed E-state index contributed by atoms with van der Waals surface area (Å²) in [5, 5.41) is 0. The maximum Gasteiger partial charge on any atom is 0.309 e. The van der Waals surface area contributed by atoms with E-state index in [-0.39, 0.29) is 0 Å². The van der Waals surface area contributed by atoms with Crippen LogP contribution in [0.3, 0.4) is 0 Å². The summed E-state index contributed by atoms with van der Waals surface area (Å²) in [7, 11) is -4.94. The molecule has 0 fully saturated rings. The summed E-state index contributed by atoms with van der Waals surface area (Å²) >= 11 is 0. The Bertz CT molecular complexity index is 498. The Hall–Kier alpha value is -0.880. The van der Waals surface area contributed by atoms with Crippen molar-refractivity contribution in [3.05, 3.63) is 35.9 Å². The van der Waals surface area contributed by atoms with Gasteiger partial charge in [0.15, 0.2) is 0 Å². The van der Waals surface area contributed by atoms with E-state index in [2.05, 4.69) is 4.74 Å². The van der Waals surface area contributed by atoms with Crippen molar-refractivity contribution in [2.75, 3.05) is 27.0 Å². The molecule has 88 valence electrons. The van der Waals surface area contributed by atoms with Gasteiger partial charge in [-0.25, -0.2) is 0 Å². The average Bonchev–Trinajstić information content (AvgIpc) is 2.34. The van der Waals surface area contributed by atoms with Gasteiger partial charge in [-0.15, -0.1) is 0 Å². The van der Waals surface area contributed by atoms with Gasteiger partial charge in [-0.3, -0.25) is 4.79 Å². The molecule has 1 aromatic rings. The third-order valence-electron chi connectivity index (χ3n) is 2.15. The quantitative estimate of drug-likeness (QED) is 0.600. The number of carbonyl (C=O) groups excluding carboxylic acids is 1. The number of carbonyl (C=O) groups is 1. The fourth-order valence-electron chi connectivity index (χ4n) is 1.41. The molecule has 0 aliphatic carbocycles. The Morgan fingerprint density at radius 1 is 1.50 bits per heavy atom. The third kappa shape index (κ3) is 3.61. The molecule has 0 spiro atoms. The van der Waals surface area contributed by atoms with Crippen molar-refractivity contribution in [2.24, 2.45) is 0 Å². The summed E-state index contributed by atoms with van der Waals surface area (Å²) in [4.78, 5) is 12.0. The zero-order chi connectivity index (χ0) is 16.5. The Kier molecular flexibility index (Phi) is 2.54. The summed E-state index contributed by atoms with van der Waals surface area (Å²) in [5.74, 6) is -1.19. The van der Waals surface area contributed by atoms with Crippen molar-refractivity contribution >= 4 is 13.2 Å². The normalized spacial score (nSPS) is 22.6. The Balaban J connectivity index is 3.24. The molecule has 0 aromatic heterocycles. The van der Waals surface area contributed by atoms with E-state index < -0.39 is 32.3 Å². The van der Waals surface area contributed by atoms with Crippen LogP contribution < -0.4 is 0 Å². The van der Waals surface area contributed by atoms with E-state index in [0.29, 0.717) is 5.56 Å². The smallest absolute Gasteiger partial charge is 0.309 e. The number of esters is 1. The van der Waals surface area contributed by atoms with E-state index >= 15 is 0 Å². The van der Waals surface area contributed by atoms with Crippen LogP contribution in [-0.2, 0) is 9.53 Å². The molecular weight excluding hydrogens is 219 g/mol. The monoisotopic (exact) mass is 244 g/mol. The molecule has 0 radical (unpaired) electrons. The van der Waals surface area contributed by atoms with Crippen molar-refractivity contribution in [1.82, 2.24) is 0 Å². The first-order chi connectivity index (χ1) is 9.39. The van der Waals surface area contributed by atoms with Gasteiger partial charge in [-0.05, 0) is 5.56 Å². The fraction of sp³-hybridized carbons (Fsp3) is 0.462. The SMILES string of the molecule is [2H]C(C(=O)OC([2H])([2H])[2H])C([2H])(c1ccccc1)[P+](C)(C)C. The second-order valence-electron chi connectivity index (χ2n) is 4.33. The van der Waals surface area contributed by atoms with Gasteiger partial charge in [0.2, 0.25) is 0 Å². The molecule has 0 N–H and O–H groups in total. The maximum atomic E-state index is 12.0. The lowest BCUT2D eigenvalue weighted by Gasteiger charge is -2.24. The summed E-state index contributed by atoms with van der Waals surface area (Å²) in [5.41, 5.74) is -0.996. The number of hydrogen-bond acceptors (Lipinski definition) is 2. The predicted octanol–water partition coefficient (Wildman–Crippen LogP) is 3.20. The van der Waals surface area contributed by atoms with E-state index in [1.165, 1.54) is 0 Å². The second kappa shape index (κ2) is 5.45. The van der Waals surface area contributed by atoms with Crippen molar-refractivity contribution < 1.29 is 16.4 Å². The predicted molar refractivity (Wildman–Crippen MR) is 70.5 cm³/mol. The van der Waals surface area contributed by atoms with Crippen LogP contribution in [0, 0.1) is 0 Å². The Morgan fingerprint density at radius 3 is 2.62 bits per heavy atom. The van der Waals surface area contributed by atoms with E-state index in [1.807, 2.05) is 20.0 Å². The van der Waals surface area contributed by atoms with Crippen LogP contribution in [-0.4, -0.2) is 33.0 Å². The summed E-state index contributed by atoms with van der Waals surface area (Å²) in [6, 6.07) is 8.61. The van der Waals surface area contributed by atoms with Gasteiger partial charge in [0.05, 0.1) is 18.9 Å². The summed E-state index contributed by atoms with van der Waals surface area (Å²) in [6.45, 7) is 5.53. The van der Waals surface area contributed by atoms with Crippen LogP contribution in [0.2, 0.25) is 0 Å². The molecule has 2 atom stereocenters. The maximum absolute atomic E-state index is 12.0. The lowest BCUT2D eigenvalue weighted by Crippen LogP contribution is -2.11. The lowest BCUT2D eigenvalue weighted by molar-refractivity contribution is -0.140. The molecular formula is C13H20O2P+. The van der Waals surface area contributed by atoms with Crippen LogP contribution in [0.1, 0.15) is 24.4 Å². The minimum absolute atomic E-state index is 0.522. The number of hydrogen-bond donors (Lipinski definition) is 0. The molecule has 0 aliphatic rings. The van der Waals surface area contributed by atoms with Crippen LogP contribution >= 0.6 is 7.26 Å². The van der Waals surface area contributed by atoms with Crippen LogP contribution in [0.5, 0.6) is 0 Å². The van der Waals surface area contributed by atoms with Crippen molar-refractivity contribution in [1.29, 1.82) is 0 Å². The topological polar surface area (TPSA) is 26.3 Å². The fourth-order valence-corrected chi connectivity index (χ4v) is 2.83. The highest BCUT2D eigenvalue weighted by Crippen LogP contribution is 2.62. The molecule has 1 aromatic carbocycles. The molecule has 1 rings (SSSR count). The largest absolute Gasteiger partial charge is 0.469 e. The van der Waals surface area contributed by atoms with Crippen LogP contribution in [0.15, 0.2) is 30.3 Å². The summed E-state index contributed by atoms with van der Waals surface area (Å²) < 4.78 is 42.1. The molecule has 0 saturated heterocycles. The Labute approximate surface area is 105 Å². The summed E-state index contributed by atoms with van der Waals surface area (Å²) in [6.07, 6.45) is -1.62. The van der Waals surface area contributed by atoms with Crippen LogP contribution in [0.4, 0.5) is 0 Å². The van der Waals surface area contributed by atoms with Gasteiger partial charge in [-0.1, -0.05) is 30.3 Å². The van der Waals surface area contributed by atoms with Crippen molar-refractivity contribution in [3.63, 3.8) is 0 Å². The van der Waals surface area contributed by atoms with Gasteiger partial charge < -0.3 is 4.74 Å². The van der Waals surface area contributed by atoms with Gasteiger partial charge in [0, 0.05) is 28.6 Å². The van der Waals surface area contributed by atoms with Gasteiger partial charge in [-0.2, -0.15) is 0 Å². The highest BCUT2D eigenvalue weighted by molar-refractivity contribution is 7.74. The number of rotatable bonds is 4. The number of ether oxygens (including phenoxy) is 1. The first-order valence-electron chi connectivity index (χ1n) is 7.49. The second-order valence-corrected chi connectivity index (χ2v) is 8.84. The standard InChI is InChI=1S/C13H20O2P/c1-15-13(14)10-12(16(2,3)4)11-8-6-5-7-9-11/h5-9,12H,10H2,1-4H3/q+1/i1D3,10D,12D. The number of benzene rings is 1. The minimum atomic E-state index is -2.90. The molecule has 0 amide bonds. The zero-order valence-electron chi connectivity index (χ0n) is 14.7. The highest BCUT2D eigenvalue weighted by atomic mass is 31.2. The van der Waals surface area contributed by atoms with Gasteiger partial charge in [0.1, 0.15) is 5.64 Å². The molecule has 2 unspecified atom stereocenters. The third-order valence-corrected chi connectivity index (χ3v) is 3.98. The lowest BCUT2D eigenvalue weighted by atomic mass is 10.1. The van der Waals surface area contributed by atoms with Crippen molar-refractivity contribution in [3.8, 4) is 0 Å². The van der Waals surface area contributed by atoms with Gasteiger partial charge >= 0.3 is 5.97 Å². The molecule has 0 bridgehead atoms. The minimum Gasteiger partial charge on any atom is -0.469 e. The van der Waals surface area contributed by atoms with E-state index in [9.17, 15) is 4.79 Å². The molecule has 3 heteroatoms. The number of methoxy groups -OCH3 is 1. The first-order valence-corrected chi connectivity index (χ1v) is 8.05. The molecule has 0 saturated carbocycles. The van der Waals surface area contributed by atoms with E-state index in [1.54, 1.807) is 30.3 Å². The first kappa shape index (κ1) is 7.45. The molecule has 0 heterocycles. The van der Waals surface area contributed by atoms with E-state index in [4.69, 9.17) is 6.85 Å². The van der Waals surface area contributed by atoms with Gasteiger partial charge in [0.25, 0.3) is 0 Å². The molecule has 16 heavy (non-hydrogen) atoms. The van der Waals surface area contributed by atoms with Crippen molar-refractivity contribution in [2.45, 2.75) is 12.0 Å². The molecule has 0 aliphatic heterocycles. The molecule has 2 nitrogen and oxygen atoms in total.